The molecule has 0 spiro atoms. The zero-order valence-corrected chi connectivity index (χ0v) is 38.1. The molecular weight excluding hydrogens is 803 g/mol. The van der Waals surface area contributed by atoms with E-state index in [0.717, 1.165) is 24.8 Å². The number of nitrogens with one attached hydrogen (secondary N) is 7. The summed E-state index contributed by atoms with van der Waals surface area (Å²) in [6, 6.07) is 11.0. The van der Waals surface area contributed by atoms with Crippen molar-refractivity contribution >= 4 is 41.4 Å². The lowest BCUT2D eigenvalue weighted by atomic mass is 9.85. The van der Waals surface area contributed by atoms with Gasteiger partial charge in [0.05, 0.1) is 18.1 Å². The van der Waals surface area contributed by atoms with Crippen LogP contribution in [0.2, 0.25) is 0 Å². The number of hydrogen-bond acceptors (Lipinski definition) is 9. The van der Waals surface area contributed by atoms with Crippen LogP contribution >= 0.6 is 0 Å². The van der Waals surface area contributed by atoms with E-state index in [1.165, 1.54) is 11.6 Å². The maximum atomic E-state index is 14.1. The van der Waals surface area contributed by atoms with Crippen LogP contribution in [-0.4, -0.2) is 128 Å². The van der Waals surface area contributed by atoms with E-state index < -0.39 is 35.6 Å². The Morgan fingerprint density at radius 3 is 2.13 bits per heavy atom. The highest BCUT2D eigenvalue weighted by molar-refractivity contribution is 6.00. The van der Waals surface area contributed by atoms with Gasteiger partial charge in [0.2, 0.25) is 29.5 Å². The Hall–Kier alpha value is -5.35. The van der Waals surface area contributed by atoms with E-state index in [-0.39, 0.29) is 53.4 Å². The van der Waals surface area contributed by atoms with E-state index in [4.69, 9.17) is 0 Å². The molecule has 0 unspecified atom stereocenters. The van der Waals surface area contributed by atoms with Crippen molar-refractivity contribution in [2.75, 3.05) is 40.3 Å². The molecule has 2 fully saturated rings. The monoisotopic (exact) mass is 872 g/mol. The molecule has 0 aromatic heterocycles. The molecule has 0 saturated carbocycles. The molecule has 2 aromatic rings. The second kappa shape index (κ2) is 22.3. The van der Waals surface area contributed by atoms with Crippen LogP contribution in [0.3, 0.4) is 0 Å². The van der Waals surface area contributed by atoms with Gasteiger partial charge in [0.15, 0.2) is 0 Å². The fraction of sp³-hybridized carbons (Fsp3) is 0.596. The van der Waals surface area contributed by atoms with Gasteiger partial charge in [0, 0.05) is 43.3 Å². The normalized spacial score (nSPS) is 20.4. The van der Waals surface area contributed by atoms with Gasteiger partial charge in [0.1, 0.15) is 18.1 Å². The minimum Gasteiger partial charge on any atom is -0.352 e. The van der Waals surface area contributed by atoms with Gasteiger partial charge in [-0.25, -0.2) is 0 Å². The molecule has 7 amide bonds. The summed E-state index contributed by atoms with van der Waals surface area (Å²) in [5, 5.41) is 20.7. The zero-order valence-electron chi connectivity index (χ0n) is 38.1. The van der Waals surface area contributed by atoms with E-state index in [1.807, 2.05) is 32.9 Å². The second-order valence-corrected chi connectivity index (χ2v) is 18.3. The Bertz CT molecular complexity index is 1970. The van der Waals surface area contributed by atoms with Crippen molar-refractivity contribution in [3.8, 4) is 0 Å². The van der Waals surface area contributed by atoms with E-state index in [9.17, 15) is 33.6 Å². The summed E-state index contributed by atoms with van der Waals surface area (Å²) < 4.78 is 0. The van der Waals surface area contributed by atoms with Crippen molar-refractivity contribution in [2.24, 2.45) is 5.41 Å². The molecule has 16 nitrogen and oxygen atoms in total. The van der Waals surface area contributed by atoms with Crippen molar-refractivity contribution in [2.45, 2.75) is 135 Å². The van der Waals surface area contributed by atoms with Gasteiger partial charge >= 0.3 is 0 Å². The van der Waals surface area contributed by atoms with Crippen molar-refractivity contribution in [1.82, 2.24) is 47.0 Å². The largest absolute Gasteiger partial charge is 0.352 e. The lowest BCUT2D eigenvalue weighted by Gasteiger charge is -2.34. The standard InChI is InChI=1S/C47H69N9O7/c1-29(48-6)40(57)53-37(45(62)56-25-14-22-38(56)44(61)52-36-21-13-16-31-15-8-9-19-35(31)36)20-10-11-24-50-42(59)32-17-12-18-33(27-32)43(60)51-34-23-26-55(28-34)46(63)39(47(3,4)5)54-41(58)30(2)49-7/h8-9,12,15,17-19,27,29-30,34,36-39,48-49H,10-11,13-14,16,20-26,28H2,1-7H3,(H,50,59)(H,51,60)(H,52,61)(H,53,57)(H,54,58)/t29-,30-,34-,36+,37-,38-,39+/m0/s1. The Morgan fingerprint density at radius 2 is 1.43 bits per heavy atom. The third kappa shape index (κ3) is 12.9. The summed E-state index contributed by atoms with van der Waals surface area (Å²) in [6.07, 6.45) is 5.92. The van der Waals surface area contributed by atoms with Crippen LogP contribution in [0.4, 0.5) is 0 Å². The number of fused-ring (bicyclic) bond motifs is 1. The van der Waals surface area contributed by atoms with E-state index in [0.29, 0.717) is 75.8 Å². The van der Waals surface area contributed by atoms with E-state index in [1.54, 1.807) is 55.9 Å². The first-order valence-electron chi connectivity index (χ1n) is 22.6. The molecule has 16 heteroatoms. The predicted octanol–water partition coefficient (Wildman–Crippen LogP) is 2.33. The van der Waals surface area contributed by atoms with Gasteiger partial charge in [-0.2, -0.15) is 0 Å². The number of unbranched alkanes of at least 4 members (excludes halogenated alkanes) is 1. The molecule has 0 radical (unpaired) electrons. The van der Waals surface area contributed by atoms with E-state index in [2.05, 4.69) is 49.4 Å². The van der Waals surface area contributed by atoms with Gasteiger partial charge in [-0.3, -0.25) is 33.6 Å². The molecule has 3 aliphatic rings. The molecule has 63 heavy (non-hydrogen) atoms. The van der Waals surface area contributed by atoms with E-state index >= 15 is 0 Å². The first-order valence-corrected chi connectivity index (χ1v) is 22.6. The summed E-state index contributed by atoms with van der Waals surface area (Å²) in [6.45, 7) is 10.6. The molecule has 7 N–H and O–H groups in total. The summed E-state index contributed by atoms with van der Waals surface area (Å²) in [5.41, 5.74) is 2.44. The molecule has 2 aliphatic heterocycles. The lowest BCUT2D eigenvalue weighted by Crippen LogP contribution is -2.57. The van der Waals surface area contributed by atoms with Gasteiger partial charge < -0.3 is 47.0 Å². The van der Waals surface area contributed by atoms with Crippen LogP contribution in [0, 0.1) is 5.41 Å². The van der Waals surface area contributed by atoms with Gasteiger partial charge in [-0.05, 0) is 120 Å². The number of likely N-dealkylation sites (N-methyl/N-ethyl adjacent to an activating group) is 2. The smallest absolute Gasteiger partial charge is 0.251 e. The average molecular weight is 872 g/mol. The third-order valence-electron chi connectivity index (χ3n) is 12.6. The summed E-state index contributed by atoms with van der Waals surface area (Å²) >= 11 is 0. The van der Waals surface area contributed by atoms with Crippen LogP contribution in [-0.2, 0) is 30.4 Å². The Balaban J connectivity index is 1.11. The minimum atomic E-state index is -0.846. The quantitative estimate of drug-likeness (QED) is 0.110. The molecule has 344 valence electrons. The number of likely N-dealkylation sites (tertiary alicyclic amines) is 2. The molecule has 1 aliphatic carbocycles. The maximum absolute atomic E-state index is 14.1. The van der Waals surface area contributed by atoms with Crippen molar-refractivity contribution in [3.63, 3.8) is 0 Å². The molecule has 2 saturated heterocycles. The zero-order chi connectivity index (χ0) is 45.8. The molecule has 2 heterocycles. The summed E-state index contributed by atoms with van der Waals surface area (Å²) in [5.74, 6) is -1.98. The number of benzene rings is 2. The molecule has 5 rings (SSSR count). The number of hydrogen-bond donors (Lipinski definition) is 7. The highest BCUT2D eigenvalue weighted by Gasteiger charge is 2.40. The average Bonchev–Trinajstić information content (AvgIpc) is 3.97. The fourth-order valence-corrected chi connectivity index (χ4v) is 8.52. The summed E-state index contributed by atoms with van der Waals surface area (Å²) in [7, 11) is 3.35. The molecule has 7 atom stereocenters. The first kappa shape index (κ1) is 48.7. The number of nitrogens with zero attached hydrogens (tertiary/aromatic N) is 2. The Kier molecular flexibility index (Phi) is 17.2. The second-order valence-electron chi connectivity index (χ2n) is 18.3. The Labute approximate surface area is 372 Å². The number of aryl methyl sites for hydroxylation is 1. The van der Waals surface area contributed by atoms with Crippen LogP contribution in [0.25, 0.3) is 0 Å². The van der Waals surface area contributed by atoms with Crippen molar-refractivity contribution < 1.29 is 33.6 Å². The third-order valence-corrected chi connectivity index (χ3v) is 12.6. The maximum Gasteiger partial charge on any atom is 0.251 e. The predicted molar refractivity (Wildman–Crippen MR) is 240 cm³/mol. The highest BCUT2D eigenvalue weighted by Crippen LogP contribution is 2.31. The topological polar surface area (TPSA) is 210 Å². The fourth-order valence-electron chi connectivity index (χ4n) is 8.52. The minimum absolute atomic E-state index is 0.105. The van der Waals surface area contributed by atoms with Crippen LogP contribution in [0.5, 0.6) is 0 Å². The first-order chi connectivity index (χ1) is 30.0. The van der Waals surface area contributed by atoms with Crippen molar-refractivity contribution in [1.29, 1.82) is 0 Å². The molecule has 0 bridgehead atoms. The SMILES string of the molecule is CN[C@@H](C)C(=O)N[C@@H](CCCCNC(=O)c1cccc(C(=O)N[C@H]2CCN(C(=O)[C@@H](NC(=O)[C@H](C)NC)C(C)(C)C)C2)c1)C(=O)N1CCC[C@H]1C(=O)N[C@@H]1CCCc2ccccc21. The lowest BCUT2D eigenvalue weighted by molar-refractivity contribution is -0.142. The van der Waals surface area contributed by atoms with Crippen LogP contribution in [0.1, 0.15) is 124 Å². The number of rotatable bonds is 18. The van der Waals surface area contributed by atoms with Crippen molar-refractivity contribution in [3.05, 3.63) is 70.8 Å². The van der Waals surface area contributed by atoms with Gasteiger partial charge in [-0.15, -0.1) is 0 Å². The van der Waals surface area contributed by atoms with Gasteiger partial charge in [-0.1, -0.05) is 51.1 Å². The molecular formula is C47H69N9O7. The van der Waals surface area contributed by atoms with Gasteiger partial charge in [0.25, 0.3) is 11.8 Å². The number of carbonyl (C=O) groups excluding carboxylic acids is 7. The summed E-state index contributed by atoms with van der Waals surface area (Å²) in [4.78, 5) is 96.9. The van der Waals surface area contributed by atoms with Crippen LogP contribution < -0.4 is 37.2 Å². The Morgan fingerprint density at radius 1 is 0.746 bits per heavy atom. The highest BCUT2D eigenvalue weighted by atomic mass is 16.2. The number of amides is 7. The molecule has 2 aromatic carbocycles. The van der Waals surface area contributed by atoms with Crippen LogP contribution in [0.15, 0.2) is 48.5 Å². The number of carbonyl (C=O) groups is 7.